The number of nitrogens with zero attached hydrogens (tertiary/aromatic N) is 2. The van der Waals surface area contributed by atoms with Crippen LogP contribution in [0.25, 0.3) is 0 Å². The third-order valence-corrected chi connectivity index (χ3v) is 3.24. The largest absolute Gasteiger partial charge is 0.369 e. The first-order chi connectivity index (χ1) is 6.79. The maximum atomic E-state index is 11.3. The van der Waals surface area contributed by atoms with Gasteiger partial charge in [0.05, 0.1) is 11.9 Å². The predicted molar refractivity (Wildman–Crippen MR) is 58.6 cm³/mol. The van der Waals surface area contributed by atoms with Crippen LogP contribution in [-0.4, -0.2) is 23.3 Å². The molecule has 1 fully saturated rings. The zero-order valence-electron chi connectivity index (χ0n) is 7.79. The van der Waals surface area contributed by atoms with E-state index in [1.54, 1.807) is 6.20 Å². The van der Waals surface area contributed by atoms with Crippen LogP contribution in [0, 0.1) is 0 Å². The lowest BCUT2D eigenvalue weighted by Crippen LogP contribution is -2.31. The fourth-order valence-corrected chi connectivity index (χ4v) is 2.17. The minimum atomic E-state index is -0.159. The zero-order chi connectivity index (χ0) is 9.97. The average molecular weight is 258 g/mol. The molecule has 1 saturated heterocycles. The molecule has 1 aromatic heterocycles. The third kappa shape index (κ3) is 1.82. The SMILES string of the molecule is O=c1[nH]ncc(N2CCCCC2)c1Br. The second kappa shape index (κ2) is 4.13. The molecule has 0 aliphatic carbocycles. The molecule has 0 atom stereocenters. The van der Waals surface area contributed by atoms with Crippen molar-refractivity contribution < 1.29 is 0 Å². The summed E-state index contributed by atoms with van der Waals surface area (Å²) in [6.45, 7) is 2.04. The molecule has 4 nitrogen and oxygen atoms in total. The first-order valence-electron chi connectivity index (χ1n) is 4.77. The second-order valence-corrected chi connectivity index (χ2v) is 4.24. The highest BCUT2D eigenvalue weighted by molar-refractivity contribution is 9.10. The molecule has 0 amide bonds. The molecule has 76 valence electrons. The Morgan fingerprint density at radius 3 is 2.79 bits per heavy atom. The molecule has 14 heavy (non-hydrogen) atoms. The molecule has 0 aromatic carbocycles. The van der Waals surface area contributed by atoms with Crippen LogP contribution in [0.1, 0.15) is 19.3 Å². The molecular weight excluding hydrogens is 246 g/mol. The fourth-order valence-electron chi connectivity index (χ4n) is 1.73. The lowest BCUT2D eigenvalue weighted by atomic mass is 10.1. The number of anilines is 1. The van der Waals surface area contributed by atoms with Crippen LogP contribution in [0.4, 0.5) is 5.69 Å². The van der Waals surface area contributed by atoms with Crippen molar-refractivity contribution in [3.8, 4) is 0 Å². The summed E-state index contributed by atoms with van der Waals surface area (Å²) in [7, 11) is 0. The van der Waals surface area contributed by atoms with Crippen molar-refractivity contribution in [2.45, 2.75) is 19.3 Å². The van der Waals surface area contributed by atoms with E-state index in [0.29, 0.717) is 4.47 Å². The topological polar surface area (TPSA) is 49.0 Å². The van der Waals surface area contributed by atoms with E-state index >= 15 is 0 Å². The molecule has 0 bridgehead atoms. The molecule has 0 unspecified atom stereocenters. The molecule has 5 heteroatoms. The molecule has 1 N–H and O–H groups in total. The maximum Gasteiger partial charge on any atom is 0.280 e. The number of halogens is 1. The molecule has 0 spiro atoms. The number of aromatic nitrogens is 2. The van der Waals surface area contributed by atoms with Gasteiger partial charge in [-0.05, 0) is 35.2 Å². The van der Waals surface area contributed by atoms with E-state index in [1.165, 1.54) is 19.3 Å². The van der Waals surface area contributed by atoms with E-state index in [-0.39, 0.29) is 5.56 Å². The minimum Gasteiger partial charge on any atom is -0.369 e. The first kappa shape index (κ1) is 9.71. The summed E-state index contributed by atoms with van der Waals surface area (Å²) in [6, 6.07) is 0. The number of hydrogen-bond donors (Lipinski definition) is 1. The Kier molecular flexibility index (Phi) is 2.86. The van der Waals surface area contributed by atoms with Crippen molar-refractivity contribution in [1.82, 2.24) is 10.2 Å². The molecule has 1 aromatic rings. The van der Waals surface area contributed by atoms with Gasteiger partial charge in [0.25, 0.3) is 5.56 Å². The van der Waals surface area contributed by atoms with Gasteiger partial charge in [-0.1, -0.05) is 0 Å². The van der Waals surface area contributed by atoms with Crippen LogP contribution < -0.4 is 10.5 Å². The molecular formula is C9H12BrN3O. The van der Waals surface area contributed by atoms with Gasteiger partial charge in [-0.3, -0.25) is 4.79 Å². The Morgan fingerprint density at radius 2 is 2.07 bits per heavy atom. The van der Waals surface area contributed by atoms with E-state index < -0.39 is 0 Å². The molecule has 1 aliphatic heterocycles. The fraction of sp³-hybridized carbons (Fsp3) is 0.556. The summed E-state index contributed by atoms with van der Waals surface area (Å²) in [5.74, 6) is 0. The van der Waals surface area contributed by atoms with Crippen LogP contribution in [0.3, 0.4) is 0 Å². The normalized spacial score (nSPS) is 17.1. The quantitative estimate of drug-likeness (QED) is 0.830. The summed E-state index contributed by atoms with van der Waals surface area (Å²) in [5.41, 5.74) is 0.751. The number of rotatable bonds is 1. The van der Waals surface area contributed by atoms with Gasteiger partial charge in [0.15, 0.2) is 0 Å². The highest BCUT2D eigenvalue weighted by Crippen LogP contribution is 2.24. The maximum absolute atomic E-state index is 11.3. The highest BCUT2D eigenvalue weighted by Gasteiger charge is 2.15. The summed E-state index contributed by atoms with van der Waals surface area (Å²) < 4.78 is 0.592. The van der Waals surface area contributed by atoms with Gasteiger partial charge in [0.2, 0.25) is 0 Å². The van der Waals surface area contributed by atoms with Gasteiger partial charge in [0.1, 0.15) is 4.47 Å². The van der Waals surface area contributed by atoms with Crippen LogP contribution in [-0.2, 0) is 0 Å². The molecule has 0 radical (unpaired) electrons. The number of hydrogen-bond acceptors (Lipinski definition) is 3. The van der Waals surface area contributed by atoms with Gasteiger partial charge in [-0.2, -0.15) is 5.10 Å². The second-order valence-electron chi connectivity index (χ2n) is 3.45. The van der Waals surface area contributed by atoms with Crippen molar-refractivity contribution in [1.29, 1.82) is 0 Å². The Morgan fingerprint density at radius 1 is 1.36 bits per heavy atom. The minimum absolute atomic E-state index is 0.159. The van der Waals surface area contributed by atoms with Crippen molar-refractivity contribution in [3.05, 3.63) is 21.0 Å². The van der Waals surface area contributed by atoms with Crippen LogP contribution in [0.15, 0.2) is 15.5 Å². The number of nitrogens with one attached hydrogen (secondary N) is 1. The summed E-state index contributed by atoms with van der Waals surface area (Å²) in [5, 5.41) is 6.21. The Balaban J connectivity index is 2.30. The smallest absolute Gasteiger partial charge is 0.280 e. The summed E-state index contributed by atoms with van der Waals surface area (Å²) >= 11 is 3.29. The number of H-pyrrole nitrogens is 1. The number of aromatic amines is 1. The Hall–Kier alpha value is -0.840. The van der Waals surface area contributed by atoms with Crippen LogP contribution in [0.2, 0.25) is 0 Å². The van der Waals surface area contributed by atoms with E-state index in [9.17, 15) is 4.79 Å². The molecule has 2 rings (SSSR count). The summed E-state index contributed by atoms with van der Waals surface area (Å²) in [4.78, 5) is 13.5. The molecule has 1 aliphatic rings. The molecule has 2 heterocycles. The van der Waals surface area contributed by atoms with Crippen molar-refractivity contribution in [2.24, 2.45) is 0 Å². The van der Waals surface area contributed by atoms with E-state index in [1.807, 2.05) is 0 Å². The van der Waals surface area contributed by atoms with Crippen LogP contribution >= 0.6 is 15.9 Å². The van der Waals surface area contributed by atoms with Crippen molar-refractivity contribution in [2.75, 3.05) is 18.0 Å². The monoisotopic (exact) mass is 257 g/mol. The Labute approximate surface area is 90.4 Å². The zero-order valence-corrected chi connectivity index (χ0v) is 9.38. The van der Waals surface area contributed by atoms with Gasteiger partial charge in [-0.15, -0.1) is 0 Å². The van der Waals surface area contributed by atoms with Gasteiger partial charge in [0, 0.05) is 13.1 Å². The van der Waals surface area contributed by atoms with Crippen molar-refractivity contribution >= 4 is 21.6 Å². The van der Waals surface area contributed by atoms with Crippen LogP contribution in [0.5, 0.6) is 0 Å². The third-order valence-electron chi connectivity index (χ3n) is 2.47. The van der Waals surface area contributed by atoms with E-state index in [2.05, 4.69) is 31.0 Å². The predicted octanol–water partition coefficient (Wildman–Crippen LogP) is 1.52. The van der Waals surface area contributed by atoms with Gasteiger partial charge < -0.3 is 4.90 Å². The summed E-state index contributed by atoms with van der Waals surface area (Å²) in [6.07, 6.45) is 5.38. The molecule has 0 saturated carbocycles. The highest BCUT2D eigenvalue weighted by atomic mass is 79.9. The van der Waals surface area contributed by atoms with Crippen molar-refractivity contribution in [3.63, 3.8) is 0 Å². The Bertz CT molecular complexity index is 371. The lowest BCUT2D eigenvalue weighted by Gasteiger charge is -2.28. The first-order valence-corrected chi connectivity index (χ1v) is 5.56. The van der Waals surface area contributed by atoms with E-state index in [4.69, 9.17) is 0 Å². The van der Waals surface area contributed by atoms with Gasteiger partial charge >= 0.3 is 0 Å². The van der Waals surface area contributed by atoms with Gasteiger partial charge in [-0.25, -0.2) is 5.10 Å². The average Bonchev–Trinajstić information content (AvgIpc) is 2.23. The lowest BCUT2D eigenvalue weighted by molar-refractivity contribution is 0.575. The standard InChI is InChI=1S/C9H12BrN3O/c10-8-7(6-11-12-9(8)14)13-4-2-1-3-5-13/h6H,1-5H2,(H,12,14). The number of piperidine rings is 1. The van der Waals surface area contributed by atoms with E-state index in [0.717, 1.165) is 18.8 Å².